The predicted molar refractivity (Wildman–Crippen MR) is 225 cm³/mol. The highest BCUT2D eigenvalue weighted by atomic mass is 19.4. The van der Waals surface area contributed by atoms with Gasteiger partial charge in [0, 0.05) is 47.8 Å². The second-order valence-electron chi connectivity index (χ2n) is 16.9. The zero-order valence-corrected chi connectivity index (χ0v) is 35.0. The average Bonchev–Trinajstić information content (AvgIpc) is 3.48. The number of nitrogens with zero attached hydrogens (tertiary/aromatic N) is 1. The molecule has 4 aromatic rings. The molecular weight excluding hydrogens is 772 g/mol. The monoisotopic (exact) mass is 829 g/mol. The number of halogens is 3. The summed E-state index contributed by atoms with van der Waals surface area (Å²) in [5, 5.41) is 35.6. The summed E-state index contributed by atoms with van der Waals surface area (Å²) in [7, 11) is 3.16. The molecule has 0 saturated heterocycles. The van der Waals surface area contributed by atoms with Crippen molar-refractivity contribution in [1.29, 1.82) is 0 Å². The van der Waals surface area contributed by atoms with Crippen LogP contribution in [0, 0.1) is 5.41 Å². The number of alkyl halides is 3. The second kappa shape index (κ2) is 19.5. The Morgan fingerprint density at radius 3 is 2.47 bits per heavy atom. The van der Waals surface area contributed by atoms with Crippen LogP contribution in [0.15, 0.2) is 103 Å². The zero-order valence-electron chi connectivity index (χ0n) is 35.0. The van der Waals surface area contributed by atoms with E-state index in [1.807, 2.05) is 66.4 Å². The molecule has 4 aromatic carbocycles. The van der Waals surface area contributed by atoms with Gasteiger partial charge in [0.2, 0.25) is 0 Å². The third-order valence-corrected chi connectivity index (χ3v) is 12.6. The predicted octanol–water partition coefficient (Wildman–Crippen LogP) is 9.07. The van der Waals surface area contributed by atoms with Gasteiger partial charge in [-0.2, -0.15) is 13.2 Å². The Labute approximate surface area is 351 Å². The molecule has 11 heteroatoms. The molecule has 0 radical (unpaired) electrons. The molecule has 1 fully saturated rings. The molecule has 0 aromatic heterocycles. The van der Waals surface area contributed by atoms with Gasteiger partial charge in [-0.3, -0.25) is 9.69 Å². The summed E-state index contributed by atoms with van der Waals surface area (Å²) in [6.45, 7) is 5.15. The number of methoxy groups -OCH3 is 2. The number of benzene rings is 4. The fourth-order valence-corrected chi connectivity index (χ4v) is 9.21. The lowest BCUT2D eigenvalue weighted by atomic mass is 9.64. The Kier molecular flexibility index (Phi) is 14.6. The standard InChI is InChI=1S/C49H58F3NO7/c1-33-10-9-22-47(2)44(42-20-16-35(24-39(54)18-15-33)25-43(42)46(56)36-13-8-14-38(26-36)49(50,51)52)21-23-48(47,57)32-53(28-37-17-19-41(58-3)27-45(37)59-4)29-40(55)31-60-30-34-11-6-5-7-12-34/h5-8,10-14,16-17,19-20,25-27,39-40,44,54-55,57H,9,15,18,21-24,28-32H2,1-4H3. The lowest BCUT2D eigenvalue weighted by molar-refractivity contribution is -0.137. The normalized spacial score (nSPS) is 22.8. The van der Waals surface area contributed by atoms with Crippen LogP contribution in [0.25, 0.3) is 0 Å². The van der Waals surface area contributed by atoms with Crippen molar-refractivity contribution < 1.29 is 47.5 Å². The number of allylic oxidation sites excluding steroid dienone is 2. The summed E-state index contributed by atoms with van der Waals surface area (Å²) in [5.74, 6) is 0.317. The maximum absolute atomic E-state index is 14.5. The van der Waals surface area contributed by atoms with Crippen molar-refractivity contribution in [1.82, 2.24) is 4.90 Å². The summed E-state index contributed by atoms with van der Waals surface area (Å²) in [4.78, 5) is 16.5. The third kappa shape index (κ3) is 10.7. The van der Waals surface area contributed by atoms with Gasteiger partial charge in [-0.1, -0.05) is 79.2 Å². The van der Waals surface area contributed by atoms with Gasteiger partial charge in [-0.25, -0.2) is 0 Å². The molecule has 322 valence electrons. The Bertz CT molecular complexity index is 2110. The molecule has 5 unspecified atom stereocenters. The Balaban J connectivity index is 1.38. The lowest BCUT2D eigenvalue weighted by Crippen LogP contribution is -2.53. The van der Waals surface area contributed by atoms with Gasteiger partial charge < -0.3 is 29.5 Å². The van der Waals surface area contributed by atoms with Crippen molar-refractivity contribution in [3.63, 3.8) is 0 Å². The Hall–Kier alpha value is -4.52. The van der Waals surface area contributed by atoms with Crippen LogP contribution >= 0.6 is 0 Å². The number of fused-ring (bicyclic) bond motifs is 8. The topological polar surface area (TPSA) is 109 Å². The van der Waals surface area contributed by atoms with Gasteiger partial charge in [0.1, 0.15) is 11.5 Å². The van der Waals surface area contributed by atoms with E-state index in [4.69, 9.17) is 14.2 Å². The average molecular weight is 830 g/mol. The molecular formula is C49H58F3NO7. The van der Waals surface area contributed by atoms with Crippen molar-refractivity contribution in [2.45, 2.75) is 102 Å². The fourth-order valence-electron chi connectivity index (χ4n) is 9.21. The van der Waals surface area contributed by atoms with Crippen LogP contribution in [-0.2, 0) is 30.5 Å². The molecule has 3 aliphatic rings. The van der Waals surface area contributed by atoms with E-state index in [0.717, 1.165) is 28.8 Å². The lowest BCUT2D eigenvalue weighted by Gasteiger charge is -2.46. The van der Waals surface area contributed by atoms with E-state index in [-0.39, 0.29) is 43.2 Å². The molecule has 5 atom stereocenters. The number of aliphatic hydroxyl groups is 3. The second-order valence-corrected chi connectivity index (χ2v) is 16.9. The molecule has 7 rings (SSSR count). The van der Waals surface area contributed by atoms with Crippen molar-refractivity contribution >= 4 is 5.78 Å². The van der Waals surface area contributed by atoms with Gasteiger partial charge in [0.05, 0.1) is 50.8 Å². The van der Waals surface area contributed by atoms with E-state index in [2.05, 4.69) is 13.0 Å². The van der Waals surface area contributed by atoms with Crippen molar-refractivity contribution in [2.75, 3.05) is 33.9 Å². The number of ether oxygens (including phenoxy) is 3. The highest BCUT2D eigenvalue weighted by Gasteiger charge is 2.57. The minimum absolute atomic E-state index is 0.0651. The van der Waals surface area contributed by atoms with Gasteiger partial charge >= 0.3 is 6.18 Å². The largest absolute Gasteiger partial charge is 0.497 e. The number of ketones is 1. The first kappa shape index (κ1) is 45.0. The molecule has 2 bridgehead atoms. The summed E-state index contributed by atoms with van der Waals surface area (Å²) >= 11 is 0. The maximum Gasteiger partial charge on any atom is 0.416 e. The quantitative estimate of drug-likeness (QED) is 0.0854. The van der Waals surface area contributed by atoms with Gasteiger partial charge in [-0.15, -0.1) is 0 Å². The first-order valence-corrected chi connectivity index (χ1v) is 20.8. The maximum atomic E-state index is 14.5. The minimum Gasteiger partial charge on any atom is -0.497 e. The smallest absolute Gasteiger partial charge is 0.416 e. The molecule has 0 aliphatic heterocycles. The number of carbonyl (C=O) groups excluding carboxylic acids is 1. The van der Waals surface area contributed by atoms with E-state index >= 15 is 0 Å². The number of carbonyl (C=O) groups is 1. The van der Waals surface area contributed by atoms with Crippen LogP contribution in [-0.4, -0.2) is 77.7 Å². The summed E-state index contributed by atoms with van der Waals surface area (Å²) in [5.41, 5.74) is 1.41. The van der Waals surface area contributed by atoms with Gasteiger partial charge in [0.15, 0.2) is 5.78 Å². The van der Waals surface area contributed by atoms with Crippen molar-refractivity contribution in [2.24, 2.45) is 5.41 Å². The van der Waals surface area contributed by atoms with Crippen LogP contribution in [0.1, 0.15) is 102 Å². The minimum atomic E-state index is -4.63. The highest BCUT2D eigenvalue weighted by Crippen LogP contribution is 2.59. The zero-order chi connectivity index (χ0) is 43.1. The van der Waals surface area contributed by atoms with E-state index in [1.165, 1.54) is 12.1 Å². The molecule has 0 amide bonds. The number of hydrogen-bond donors (Lipinski definition) is 3. The molecule has 8 nitrogen and oxygen atoms in total. The fraction of sp³-hybridized carbons (Fsp3) is 0.449. The first-order chi connectivity index (χ1) is 28.6. The van der Waals surface area contributed by atoms with Gasteiger partial charge in [-0.05, 0) is 98.7 Å². The van der Waals surface area contributed by atoms with E-state index in [0.29, 0.717) is 74.3 Å². The van der Waals surface area contributed by atoms with Gasteiger partial charge in [0.25, 0.3) is 0 Å². The number of rotatable bonds is 14. The highest BCUT2D eigenvalue weighted by molar-refractivity contribution is 6.10. The molecule has 3 N–H and O–H groups in total. The van der Waals surface area contributed by atoms with Crippen LogP contribution < -0.4 is 9.47 Å². The first-order valence-electron chi connectivity index (χ1n) is 20.8. The molecule has 1 saturated carbocycles. The Morgan fingerprint density at radius 2 is 1.73 bits per heavy atom. The van der Waals surface area contributed by atoms with Crippen LogP contribution in [0.3, 0.4) is 0 Å². The number of aliphatic hydroxyl groups excluding tert-OH is 2. The third-order valence-electron chi connectivity index (χ3n) is 12.6. The van der Waals surface area contributed by atoms with E-state index in [9.17, 15) is 33.3 Å². The van der Waals surface area contributed by atoms with Crippen LogP contribution in [0.5, 0.6) is 11.5 Å². The van der Waals surface area contributed by atoms with Crippen molar-refractivity contribution in [3.8, 4) is 11.5 Å². The Morgan fingerprint density at radius 1 is 0.950 bits per heavy atom. The van der Waals surface area contributed by atoms with Crippen LogP contribution in [0.2, 0.25) is 0 Å². The van der Waals surface area contributed by atoms with Crippen molar-refractivity contribution in [3.05, 3.63) is 142 Å². The molecule has 3 aliphatic carbocycles. The summed E-state index contributed by atoms with van der Waals surface area (Å²) in [6.07, 6.45) is -0.566. The summed E-state index contributed by atoms with van der Waals surface area (Å²) < 4.78 is 58.7. The molecule has 60 heavy (non-hydrogen) atoms. The molecule has 0 spiro atoms. The van der Waals surface area contributed by atoms with E-state index in [1.54, 1.807) is 26.4 Å². The summed E-state index contributed by atoms with van der Waals surface area (Å²) in [6, 6.07) is 25.2. The van der Waals surface area contributed by atoms with Crippen LogP contribution in [0.4, 0.5) is 13.2 Å². The van der Waals surface area contributed by atoms with E-state index < -0.39 is 40.7 Å². The SMILES string of the molecule is COc1ccc(CN(CC(O)COCc2ccccc2)CC2(O)CCC3c4ccc(cc4C(=O)c4cccc(C(F)(F)F)c4)CC(O)CCC(C)=CCCC32C)c(OC)c1. The number of hydrogen-bond acceptors (Lipinski definition) is 8. The molecule has 0 heterocycles.